The van der Waals surface area contributed by atoms with Gasteiger partial charge in [0.25, 0.3) is 0 Å². The van der Waals surface area contributed by atoms with E-state index in [4.69, 9.17) is 0 Å². The summed E-state index contributed by atoms with van der Waals surface area (Å²) in [5.74, 6) is 0.965. The molecule has 0 spiro atoms. The van der Waals surface area contributed by atoms with Crippen LogP contribution in [0.1, 0.15) is 13.8 Å². The maximum atomic E-state index is 4.26. The predicted molar refractivity (Wildman–Crippen MR) is 71.5 cm³/mol. The van der Waals surface area contributed by atoms with Gasteiger partial charge in [0.05, 0.1) is 6.54 Å². The van der Waals surface area contributed by atoms with Gasteiger partial charge in [-0.1, -0.05) is 13.8 Å². The maximum absolute atomic E-state index is 4.26. The van der Waals surface area contributed by atoms with Gasteiger partial charge in [0.2, 0.25) is 0 Å². The van der Waals surface area contributed by atoms with E-state index in [1.54, 1.807) is 0 Å². The summed E-state index contributed by atoms with van der Waals surface area (Å²) in [4.78, 5) is 6.65. The van der Waals surface area contributed by atoms with Crippen molar-refractivity contribution in [3.63, 3.8) is 0 Å². The standard InChI is InChI=1S/C9H20N4.HI/c1-3-13(4-2)8-7-12-9-10-5-6-11-9;/h3-8H2,1-2H3,(H2,10,11,12);1H. The first kappa shape index (κ1) is 14.0. The number of nitrogens with zero attached hydrogens (tertiary/aromatic N) is 2. The van der Waals surface area contributed by atoms with E-state index in [0.717, 1.165) is 45.2 Å². The highest BCUT2D eigenvalue weighted by atomic mass is 127. The molecule has 1 aliphatic rings. The number of aliphatic imine (C=N–C) groups is 1. The highest BCUT2D eigenvalue weighted by Gasteiger charge is 2.03. The third-order valence-electron chi connectivity index (χ3n) is 2.29. The zero-order valence-electron chi connectivity index (χ0n) is 9.05. The van der Waals surface area contributed by atoms with Crippen LogP contribution in [0.25, 0.3) is 0 Å². The minimum absolute atomic E-state index is 0. The van der Waals surface area contributed by atoms with Crippen LogP contribution < -0.4 is 10.6 Å². The number of guanidine groups is 1. The summed E-state index contributed by atoms with van der Waals surface area (Å²) in [7, 11) is 0. The van der Waals surface area contributed by atoms with Gasteiger partial charge in [-0.05, 0) is 13.1 Å². The highest BCUT2D eigenvalue weighted by Crippen LogP contribution is 1.85. The zero-order valence-corrected chi connectivity index (χ0v) is 11.4. The number of rotatable bonds is 5. The van der Waals surface area contributed by atoms with E-state index in [0.29, 0.717) is 0 Å². The third kappa shape index (κ3) is 4.99. The lowest BCUT2D eigenvalue weighted by Gasteiger charge is -2.18. The first-order valence-corrected chi connectivity index (χ1v) is 5.11. The Kier molecular flexibility index (Phi) is 8.26. The van der Waals surface area contributed by atoms with Gasteiger partial charge in [-0.25, -0.2) is 0 Å². The van der Waals surface area contributed by atoms with E-state index < -0.39 is 0 Å². The Morgan fingerprint density at radius 2 is 2.14 bits per heavy atom. The normalized spacial score (nSPS) is 14.6. The fourth-order valence-electron chi connectivity index (χ4n) is 1.39. The van der Waals surface area contributed by atoms with Gasteiger partial charge in [0, 0.05) is 19.6 Å². The third-order valence-corrected chi connectivity index (χ3v) is 2.29. The Morgan fingerprint density at radius 3 is 2.64 bits per heavy atom. The van der Waals surface area contributed by atoms with Crippen LogP contribution in [0.4, 0.5) is 0 Å². The van der Waals surface area contributed by atoms with Crippen molar-refractivity contribution in [2.75, 3.05) is 39.3 Å². The van der Waals surface area contributed by atoms with Crippen LogP contribution in [-0.4, -0.2) is 50.1 Å². The summed E-state index contributed by atoms with van der Waals surface area (Å²) < 4.78 is 0. The first-order chi connectivity index (χ1) is 6.36. The van der Waals surface area contributed by atoms with Crippen molar-refractivity contribution in [2.24, 2.45) is 4.99 Å². The topological polar surface area (TPSA) is 39.7 Å². The molecular formula is C9H21IN4. The zero-order chi connectivity index (χ0) is 9.52. The molecule has 0 radical (unpaired) electrons. The van der Waals surface area contributed by atoms with Gasteiger partial charge >= 0.3 is 0 Å². The monoisotopic (exact) mass is 312 g/mol. The van der Waals surface area contributed by atoms with Crippen molar-refractivity contribution in [1.82, 2.24) is 15.5 Å². The molecule has 0 aliphatic carbocycles. The predicted octanol–water partition coefficient (Wildman–Crippen LogP) is 0.495. The van der Waals surface area contributed by atoms with Crippen LogP contribution >= 0.6 is 24.0 Å². The number of nitrogens with one attached hydrogen (secondary N) is 2. The quantitative estimate of drug-likeness (QED) is 0.726. The number of likely N-dealkylation sites (N-methyl/N-ethyl adjacent to an activating group) is 1. The molecule has 4 nitrogen and oxygen atoms in total. The fraction of sp³-hybridized carbons (Fsp3) is 0.889. The number of hydrogen-bond acceptors (Lipinski definition) is 4. The van der Waals surface area contributed by atoms with E-state index >= 15 is 0 Å². The Balaban J connectivity index is 0.00000169. The minimum Gasteiger partial charge on any atom is -0.355 e. The summed E-state index contributed by atoms with van der Waals surface area (Å²) in [6.45, 7) is 10.6. The van der Waals surface area contributed by atoms with Crippen LogP contribution in [0.15, 0.2) is 4.99 Å². The average Bonchev–Trinajstić information content (AvgIpc) is 2.65. The van der Waals surface area contributed by atoms with Crippen molar-refractivity contribution in [3.05, 3.63) is 0 Å². The Hall–Kier alpha value is -0.0400. The lowest BCUT2D eigenvalue weighted by Crippen LogP contribution is -2.39. The molecule has 0 bridgehead atoms. The summed E-state index contributed by atoms with van der Waals surface area (Å²) in [6.07, 6.45) is 0. The van der Waals surface area contributed by atoms with Crippen molar-refractivity contribution in [1.29, 1.82) is 0 Å². The second-order valence-electron chi connectivity index (χ2n) is 3.11. The van der Waals surface area contributed by atoms with Gasteiger partial charge < -0.3 is 15.5 Å². The van der Waals surface area contributed by atoms with Gasteiger partial charge in [0.15, 0.2) is 5.96 Å². The summed E-state index contributed by atoms with van der Waals surface area (Å²) in [6, 6.07) is 0. The molecule has 0 unspecified atom stereocenters. The molecule has 1 heterocycles. The molecule has 1 aliphatic heterocycles. The highest BCUT2D eigenvalue weighted by molar-refractivity contribution is 14.0. The molecule has 5 heteroatoms. The first-order valence-electron chi connectivity index (χ1n) is 5.11. The SMILES string of the molecule is CCN(CC)CCNC1=NCCN1.I. The average molecular weight is 312 g/mol. The van der Waals surface area contributed by atoms with Crippen molar-refractivity contribution in [2.45, 2.75) is 13.8 Å². The smallest absolute Gasteiger partial charge is 0.191 e. The molecule has 84 valence electrons. The van der Waals surface area contributed by atoms with Crippen molar-refractivity contribution >= 4 is 29.9 Å². The lowest BCUT2D eigenvalue weighted by atomic mass is 10.4. The van der Waals surface area contributed by atoms with Crippen LogP contribution in [-0.2, 0) is 0 Å². The second-order valence-corrected chi connectivity index (χ2v) is 3.11. The largest absolute Gasteiger partial charge is 0.355 e. The molecule has 14 heavy (non-hydrogen) atoms. The minimum atomic E-state index is 0. The molecule has 0 saturated heterocycles. The molecule has 0 fully saturated rings. The Labute approximate surface area is 104 Å². The van der Waals surface area contributed by atoms with Gasteiger partial charge in [0.1, 0.15) is 0 Å². The summed E-state index contributed by atoms with van der Waals surface area (Å²) in [5, 5.41) is 6.46. The number of hydrogen-bond donors (Lipinski definition) is 2. The van der Waals surface area contributed by atoms with E-state index in [9.17, 15) is 0 Å². The van der Waals surface area contributed by atoms with E-state index in [-0.39, 0.29) is 24.0 Å². The molecular weight excluding hydrogens is 291 g/mol. The van der Waals surface area contributed by atoms with Crippen molar-refractivity contribution in [3.8, 4) is 0 Å². The van der Waals surface area contributed by atoms with E-state index in [1.165, 1.54) is 0 Å². The molecule has 1 rings (SSSR count). The molecule has 0 aromatic carbocycles. The van der Waals surface area contributed by atoms with Crippen LogP contribution in [0, 0.1) is 0 Å². The molecule has 0 amide bonds. The molecule has 0 saturated carbocycles. The molecule has 0 aromatic heterocycles. The van der Waals surface area contributed by atoms with Gasteiger partial charge in [-0.2, -0.15) is 0 Å². The van der Waals surface area contributed by atoms with E-state index in [1.807, 2.05) is 0 Å². The lowest BCUT2D eigenvalue weighted by molar-refractivity contribution is 0.308. The molecule has 2 N–H and O–H groups in total. The maximum Gasteiger partial charge on any atom is 0.191 e. The van der Waals surface area contributed by atoms with E-state index in [2.05, 4.69) is 34.4 Å². The van der Waals surface area contributed by atoms with Crippen LogP contribution in [0.2, 0.25) is 0 Å². The second kappa shape index (κ2) is 8.28. The Bertz CT molecular complexity index is 168. The van der Waals surface area contributed by atoms with Crippen LogP contribution in [0.5, 0.6) is 0 Å². The fourth-order valence-corrected chi connectivity index (χ4v) is 1.39. The Morgan fingerprint density at radius 1 is 1.43 bits per heavy atom. The molecule has 0 aromatic rings. The van der Waals surface area contributed by atoms with Gasteiger partial charge in [-0.3, -0.25) is 4.99 Å². The van der Waals surface area contributed by atoms with Crippen molar-refractivity contribution < 1.29 is 0 Å². The summed E-state index contributed by atoms with van der Waals surface area (Å²) >= 11 is 0. The summed E-state index contributed by atoms with van der Waals surface area (Å²) in [5.41, 5.74) is 0. The van der Waals surface area contributed by atoms with Crippen LogP contribution in [0.3, 0.4) is 0 Å². The number of halogens is 1. The van der Waals surface area contributed by atoms with Gasteiger partial charge in [-0.15, -0.1) is 24.0 Å². The molecule has 0 atom stereocenters.